The van der Waals surface area contributed by atoms with Gasteiger partial charge in [-0.2, -0.15) is 5.10 Å². The largest absolute Gasteiger partial charge is 0.477 e. The molecule has 0 radical (unpaired) electrons. The van der Waals surface area contributed by atoms with E-state index < -0.39 is 0 Å². The lowest BCUT2D eigenvalue weighted by atomic mass is 10.0. The summed E-state index contributed by atoms with van der Waals surface area (Å²) in [4.78, 5) is 19.8. The summed E-state index contributed by atoms with van der Waals surface area (Å²) in [6.45, 7) is 5.93. The normalized spacial score (nSPS) is 13.7. The van der Waals surface area contributed by atoms with Gasteiger partial charge in [-0.15, -0.1) is 5.10 Å². The van der Waals surface area contributed by atoms with Gasteiger partial charge >= 0.3 is 0 Å². The van der Waals surface area contributed by atoms with Crippen LogP contribution in [0.5, 0.6) is 5.88 Å². The number of hydrogen-bond acceptors (Lipinski definition) is 8. The molecule has 1 aliphatic heterocycles. The number of rotatable bonds is 8. The number of carbonyl (C=O) groups excluding carboxylic acids is 1. The molecule has 0 spiro atoms. The van der Waals surface area contributed by atoms with E-state index in [0.717, 1.165) is 22.0 Å². The van der Waals surface area contributed by atoms with E-state index in [1.54, 1.807) is 24.1 Å². The molecule has 4 rings (SSSR count). The average molecular weight is 438 g/mol. The number of hydrogen-bond donors (Lipinski definition) is 1. The fourth-order valence-corrected chi connectivity index (χ4v) is 3.86. The molecule has 0 saturated heterocycles. The molecule has 9 nitrogen and oxygen atoms in total. The lowest BCUT2D eigenvalue weighted by Gasteiger charge is -2.28. The Bertz CT molecular complexity index is 1120. The molecule has 0 bridgehead atoms. The number of pyridine rings is 1. The molecule has 0 unspecified atom stereocenters. The van der Waals surface area contributed by atoms with Crippen molar-refractivity contribution in [2.24, 2.45) is 0 Å². The van der Waals surface area contributed by atoms with Crippen molar-refractivity contribution in [1.29, 1.82) is 0 Å². The molecule has 1 atom stereocenters. The van der Waals surface area contributed by atoms with Gasteiger partial charge in [-0.3, -0.25) is 4.79 Å². The molecule has 9 heteroatoms. The van der Waals surface area contributed by atoms with Crippen LogP contribution in [0.15, 0.2) is 30.3 Å². The third-order valence-corrected chi connectivity index (χ3v) is 5.50. The van der Waals surface area contributed by atoms with Crippen molar-refractivity contribution in [3.63, 3.8) is 0 Å². The van der Waals surface area contributed by atoms with E-state index >= 15 is 0 Å². The fourth-order valence-electron chi connectivity index (χ4n) is 3.86. The highest BCUT2D eigenvalue weighted by Crippen LogP contribution is 2.32. The first-order valence-electron chi connectivity index (χ1n) is 10.6. The Morgan fingerprint density at radius 3 is 2.75 bits per heavy atom. The number of carbonyl (C=O) groups is 1. The van der Waals surface area contributed by atoms with E-state index in [4.69, 9.17) is 19.9 Å². The second-order valence-electron chi connectivity index (χ2n) is 7.71. The lowest BCUT2D eigenvalue weighted by Crippen LogP contribution is -2.40. The molecule has 0 saturated carbocycles. The number of methoxy groups -OCH3 is 1. The molecule has 32 heavy (non-hydrogen) atoms. The van der Waals surface area contributed by atoms with Gasteiger partial charge < -0.3 is 24.8 Å². The van der Waals surface area contributed by atoms with Crippen molar-refractivity contribution < 1.29 is 19.0 Å². The molecule has 1 amide bonds. The van der Waals surface area contributed by atoms with Crippen molar-refractivity contribution in [3.05, 3.63) is 52.7 Å². The first-order chi connectivity index (χ1) is 15.5. The zero-order chi connectivity index (χ0) is 22.7. The molecule has 1 aromatic carbocycles. The molecule has 0 fully saturated rings. The topological polar surface area (TPSA) is 113 Å². The smallest absolute Gasteiger partial charge is 0.254 e. The Hall–Kier alpha value is -3.30. The number of anilines is 1. The van der Waals surface area contributed by atoms with Crippen LogP contribution in [0, 0.1) is 0 Å². The Balaban J connectivity index is 1.66. The first-order valence-corrected chi connectivity index (χ1v) is 10.6. The van der Waals surface area contributed by atoms with E-state index in [1.807, 2.05) is 32.0 Å². The molecule has 168 valence electrons. The van der Waals surface area contributed by atoms with E-state index in [2.05, 4.69) is 15.2 Å². The van der Waals surface area contributed by atoms with Crippen LogP contribution in [0.3, 0.4) is 0 Å². The minimum Gasteiger partial charge on any atom is -0.477 e. The van der Waals surface area contributed by atoms with Gasteiger partial charge in [0.05, 0.1) is 50.2 Å². The number of benzene rings is 1. The SMILES string of the molecule is CCOc1ccc(CN(C(=O)c2ccc3nc(N)c4c(c3c2)COC4)[C@H](C)COC)nn1. The van der Waals surface area contributed by atoms with E-state index in [1.165, 1.54) is 0 Å². The van der Waals surface area contributed by atoms with Gasteiger partial charge in [-0.25, -0.2) is 4.98 Å². The second kappa shape index (κ2) is 9.46. The van der Waals surface area contributed by atoms with E-state index in [-0.39, 0.29) is 11.9 Å². The predicted octanol–water partition coefficient (Wildman–Crippen LogP) is 2.71. The summed E-state index contributed by atoms with van der Waals surface area (Å²) in [7, 11) is 1.62. The van der Waals surface area contributed by atoms with Crippen LogP contribution >= 0.6 is 0 Å². The van der Waals surface area contributed by atoms with Gasteiger partial charge in [0.2, 0.25) is 5.88 Å². The van der Waals surface area contributed by atoms with E-state index in [0.29, 0.717) is 55.9 Å². The zero-order valence-electron chi connectivity index (χ0n) is 18.5. The maximum atomic E-state index is 13.6. The maximum Gasteiger partial charge on any atom is 0.254 e. The Morgan fingerprint density at radius 1 is 1.22 bits per heavy atom. The molecular formula is C23H27N5O4. The molecule has 3 heterocycles. The van der Waals surface area contributed by atoms with Crippen LogP contribution in [0.1, 0.15) is 41.0 Å². The molecule has 3 aromatic rings. The van der Waals surface area contributed by atoms with Gasteiger partial charge in [-0.1, -0.05) is 0 Å². The standard InChI is InChI=1S/C23H27N5O4/c1-4-32-21-8-6-16(26-27-21)10-28(14(2)11-30-3)23(29)15-5-7-20-17(9-15)18-12-31-13-19(18)22(24)25-20/h5-9,14H,4,10-13H2,1-3H3,(H2,24,25)/t14-/m1/s1. The number of amides is 1. The van der Waals surface area contributed by atoms with Crippen LogP contribution < -0.4 is 10.5 Å². The second-order valence-corrected chi connectivity index (χ2v) is 7.71. The third kappa shape index (κ3) is 4.35. The lowest BCUT2D eigenvalue weighted by molar-refractivity contribution is 0.0538. The van der Waals surface area contributed by atoms with Crippen LogP contribution in [0.4, 0.5) is 5.82 Å². The number of nitrogen functional groups attached to an aromatic ring is 1. The Morgan fingerprint density at radius 2 is 2.03 bits per heavy atom. The van der Waals surface area contributed by atoms with Crippen molar-refractivity contribution >= 4 is 22.6 Å². The molecular weight excluding hydrogens is 410 g/mol. The van der Waals surface area contributed by atoms with Crippen molar-refractivity contribution in [2.45, 2.75) is 39.6 Å². The fraction of sp³-hybridized carbons (Fsp3) is 0.391. The molecule has 2 aromatic heterocycles. The van der Waals surface area contributed by atoms with Gasteiger partial charge in [0.25, 0.3) is 5.91 Å². The number of nitrogens with two attached hydrogens (primary N) is 1. The van der Waals surface area contributed by atoms with Crippen molar-refractivity contribution in [3.8, 4) is 5.88 Å². The van der Waals surface area contributed by atoms with Gasteiger partial charge in [-0.05, 0) is 43.7 Å². The van der Waals surface area contributed by atoms with Crippen molar-refractivity contribution in [1.82, 2.24) is 20.1 Å². The van der Waals surface area contributed by atoms with Crippen LogP contribution in [0.2, 0.25) is 0 Å². The highest BCUT2D eigenvalue weighted by Gasteiger charge is 2.25. The molecule has 0 aliphatic carbocycles. The molecule has 2 N–H and O–H groups in total. The first kappa shape index (κ1) is 21.9. The predicted molar refractivity (Wildman–Crippen MR) is 119 cm³/mol. The van der Waals surface area contributed by atoms with Gasteiger partial charge in [0.15, 0.2) is 0 Å². The summed E-state index contributed by atoms with van der Waals surface area (Å²) in [6, 6.07) is 8.87. The van der Waals surface area contributed by atoms with Crippen LogP contribution in [0.25, 0.3) is 10.9 Å². The minimum atomic E-state index is -0.171. The highest BCUT2D eigenvalue weighted by molar-refractivity contribution is 5.99. The minimum absolute atomic E-state index is 0.128. The maximum absolute atomic E-state index is 13.6. The monoisotopic (exact) mass is 437 g/mol. The number of ether oxygens (including phenoxy) is 3. The molecule has 1 aliphatic rings. The zero-order valence-corrected chi connectivity index (χ0v) is 18.5. The van der Waals surface area contributed by atoms with Crippen LogP contribution in [-0.2, 0) is 29.2 Å². The summed E-state index contributed by atoms with van der Waals surface area (Å²) >= 11 is 0. The third-order valence-electron chi connectivity index (χ3n) is 5.50. The van der Waals surface area contributed by atoms with Gasteiger partial charge in [0, 0.05) is 29.7 Å². The van der Waals surface area contributed by atoms with E-state index in [9.17, 15) is 4.79 Å². The van der Waals surface area contributed by atoms with Crippen molar-refractivity contribution in [2.75, 3.05) is 26.1 Å². The number of nitrogens with zero attached hydrogens (tertiary/aromatic N) is 4. The summed E-state index contributed by atoms with van der Waals surface area (Å²) < 4.78 is 16.2. The summed E-state index contributed by atoms with van der Waals surface area (Å²) in [5.74, 6) is 0.807. The average Bonchev–Trinajstić information content (AvgIpc) is 3.29. The van der Waals surface area contributed by atoms with Gasteiger partial charge in [0.1, 0.15) is 5.82 Å². The Labute approximate surface area is 186 Å². The highest BCUT2D eigenvalue weighted by atomic mass is 16.5. The summed E-state index contributed by atoms with van der Waals surface area (Å²) in [5.41, 5.74) is 9.93. The summed E-state index contributed by atoms with van der Waals surface area (Å²) in [6.07, 6.45) is 0. The number of fused-ring (bicyclic) bond motifs is 3. The van der Waals surface area contributed by atoms with Crippen LogP contribution in [-0.4, -0.2) is 52.4 Å². The Kier molecular flexibility index (Phi) is 6.48. The number of aromatic nitrogens is 3. The quantitative estimate of drug-likeness (QED) is 0.572. The summed E-state index contributed by atoms with van der Waals surface area (Å²) in [5, 5.41) is 9.17.